The fourth-order valence-electron chi connectivity index (χ4n) is 2.64. The van der Waals surface area contributed by atoms with Crippen LogP contribution in [-0.2, 0) is 0 Å². The molecule has 0 bridgehead atoms. The molecule has 0 aliphatic rings. The first-order valence-corrected chi connectivity index (χ1v) is 7.84. The molecule has 120 valence electrons. The first-order valence-electron chi connectivity index (χ1n) is 7.84. The van der Waals surface area contributed by atoms with Gasteiger partial charge in [0.15, 0.2) is 0 Å². The number of H-pyrrole nitrogens is 1. The third-order valence-corrected chi connectivity index (χ3v) is 3.89. The number of carbonyl (C=O) groups excluding carboxylic acids is 1. The second-order valence-corrected chi connectivity index (χ2v) is 5.50. The fourth-order valence-corrected chi connectivity index (χ4v) is 2.64. The number of aliphatic imine (C=N–C) groups is 1. The Balaban J connectivity index is 1.73. The van der Waals surface area contributed by atoms with Crippen molar-refractivity contribution in [2.24, 2.45) is 4.99 Å². The standard InChI is InChI=1S/C20H14N4O/c25-20(19-15-5-1-4-8-18(15)23-24-19)16-6-2-3-7-17(16)22-13-14-9-11-21-12-10-14/h1-13H,(H,23,24). The summed E-state index contributed by atoms with van der Waals surface area (Å²) in [5, 5.41) is 7.90. The molecule has 0 atom stereocenters. The lowest BCUT2D eigenvalue weighted by atomic mass is 10.0. The molecule has 5 heteroatoms. The number of hydrogen-bond donors (Lipinski definition) is 1. The predicted molar refractivity (Wildman–Crippen MR) is 97.5 cm³/mol. The van der Waals surface area contributed by atoms with Crippen LogP contribution in [0.2, 0.25) is 0 Å². The number of pyridine rings is 1. The lowest BCUT2D eigenvalue weighted by Crippen LogP contribution is -2.03. The van der Waals surface area contributed by atoms with E-state index in [2.05, 4.69) is 20.2 Å². The van der Waals surface area contributed by atoms with Gasteiger partial charge in [-0.15, -0.1) is 0 Å². The molecular weight excluding hydrogens is 312 g/mol. The summed E-state index contributed by atoms with van der Waals surface area (Å²) in [7, 11) is 0. The summed E-state index contributed by atoms with van der Waals surface area (Å²) in [6.07, 6.45) is 5.12. The molecule has 5 nitrogen and oxygen atoms in total. The van der Waals surface area contributed by atoms with Crippen molar-refractivity contribution in [1.82, 2.24) is 15.2 Å². The van der Waals surface area contributed by atoms with E-state index in [-0.39, 0.29) is 5.78 Å². The first-order chi connectivity index (χ1) is 12.3. The molecule has 0 fully saturated rings. The number of nitrogens with zero attached hydrogens (tertiary/aromatic N) is 3. The monoisotopic (exact) mass is 326 g/mol. The average molecular weight is 326 g/mol. The van der Waals surface area contributed by atoms with Gasteiger partial charge in [-0.2, -0.15) is 5.10 Å². The van der Waals surface area contributed by atoms with Crippen LogP contribution in [0.4, 0.5) is 5.69 Å². The Hall–Kier alpha value is -3.60. The zero-order valence-corrected chi connectivity index (χ0v) is 13.3. The van der Waals surface area contributed by atoms with E-state index in [9.17, 15) is 4.79 Å². The summed E-state index contributed by atoms with van der Waals surface area (Å²) in [4.78, 5) is 21.4. The Morgan fingerprint density at radius 3 is 2.60 bits per heavy atom. The minimum absolute atomic E-state index is 0.153. The van der Waals surface area contributed by atoms with Gasteiger partial charge in [-0.25, -0.2) is 0 Å². The summed E-state index contributed by atoms with van der Waals surface area (Å²) in [6, 6.07) is 18.6. The number of aromatic nitrogens is 3. The molecule has 4 rings (SSSR count). The highest BCUT2D eigenvalue weighted by atomic mass is 16.1. The molecule has 1 N–H and O–H groups in total. The lowest BCUT2D eigenvalue weighted by molar-refractivity contribution is 0.103. The van der Waals surface area contributed by atoms with Gasteiger partial charge in [-0.05, 0) is 35.9 Å². The predicted octanol–water partition coefficient (Wildman–Crippen LogP) is 3.94. The van der Waals surface area contributed by atoms with Crippen LogP contribution in [0, 0.1) is 0 Å². The maximum Gasteiger partial charge on any atom is 0.216 e. The first kappa shape index (κ1) is 15.0. The van der Waals surface area contributed by atoms with Gasteiger partial charge in [0, 0.05) is 29.6 Å². The summed E-state index contributed by atoms with van der Waals surface area (Å²) in [6.45, 7) is 0. The number of carbonyl (C=O) groups is 1. The van der Waals surface area contributed by atoms with Crippen LogP contribution in [0.1, 0.15) is 21.6 Å². The van der Waals surface area contributed by atoms with Crippen molar-refractivity contribution in [3.63, 3.8) is 0 Å². The third kappa shape index (κ3) is 2.95. The quantitative estimate of drug-likeness (QED) is 0.456. The van der Waals surface area contributed by atoms with Crippen LogP contribution in [0.5, 0.6) is 0 Å². The van der Waals surface area contributed by atoms with Crippen molar-refractivity contribution in [3.05, 3.63) is 89.9 Å². The zero-order chi connectivity index (χ0) is 17.1. The second-order valence-electron chi connectivity index (χ2n) is 5.50. The van der Waals surface area contributed by atoms with Gasteiger partial charge in [0.1, 0.15) is 5.69 Å². The molecule has 0 saturated carbocycles. The van der Waals surface area contributed by atoms with E-state index in [0.29, 0.717) is 16.9 Å². The molecule has 0 aliphatic heterocycles. The molecular formula is C20H14N4O. The van der Waals surface area contributed by atoms with Gasteiger partial charge in [0.25, 0.3) is 0 Å². The van der Waals surface area contributed by atoms with Crippen molar-refractivity contribution in [2.75, 3.05) is 0 Å². The molecule has 2 aromatic heterocycles. The minimum atomic E-state index is -0.153. The third-order valence-electron chi connectivity index (χ3n) is 3.89. The van der Waals surface area contributed by atoms with Crippen LogP contribution in [0.3, 0.4) is 0 Å². The Morgan fingerprint density at radius 2 is 1.72 bits per heavy atom. The van der Waals surface area contributed by atoms with Gasteiger partial charge < -0.3 is 0 Å². The normalized spacial score (nSPS) is 11.2. The zero-order valence-electron chi connectivity index (χ0n) is 13.3. The smallest absolute Gasteiger partial charge is 0.216 e. The van der Waals surface area contributed by atoms with Crippen molar-refractivity contribution in [3.8, 4) is 0 Å². The van der Waals surface area contributed by atoms with Crippen LogP contribution in [0.25, 0.3) is 10.9 Å². The van der Waals surface area contributed by atoms with Gasteiger partial charge >= 0.3 is 0 Å². The SMILES string of the molecule is O=C(c1ccccc1N=Cc1ccncc1)c1n[nH]c2ccccc12. The number of benzene rings is 2. The average Bonchev–Trinajstić information content (AvgIpc) is 3.11. The highest BCUT2D eigenvalue weighted by Gasteiger charge is 2.18. The maximum absolute atomic E-state index is 13.0. The van der Waals surface area contributed by atoms with E-state index in [0.717, 1.165) is 16.5 Å². The molecule has 0 radical (unpaired) electrons. The van der Waals surface area contributed by atoms with Crippen molar-refractivity contribution >= 4 is 28.6 Å². The molecule has 0 spiro atoms. The topological polar surface area (TPSA) is 71.0 Å². The number of nitrogens with one attached hydrogen (secondary N) is 1. The Morgan fingerprint density at radius 1 is 0.960 bits per heavy atom. The van der Waals surface area contributed by atoms with Crippen molar-refractivity contribution in [1.29, 1.82) is 0 Å². The van der Waals surface area contributed by atoms with E-state index in [1.807, 2.05) is 54.6 Å². The largest absolute Gasteiger partial charge is 0.287 e. The number of fused-ring (bicyclic) bond motifs is 1. The Labute approximate surface area is 144 Å². The van der Waals surface area contributed by atoms with E-state index >= 15 is 0 Å². The molecule has 2 aromatic carbocycles. The van der Waals surface area contributed by atoms with E-state index in [4.69, 9.17) is 0 Å². The summed E-state index contributed by atoms with van der Waals surface area (Å²) >= 11 is 0. The molecule has 0 saturated heterocycles. The van der Waals surface area contributed by atoms with E-state index in [1.54, 1.807) is 24.7 Å². The van der Waals surface area contributed by atoms with E-state index < -0.39 is 0 Å². The summed E-state index contributed by atoms with van der Waals surface area (Å²) in [5.41, 5.74) is 3.29. The number of ketones is 1. The highest BCUT2D eigenvalue weighted by molar-refractivity contribution is 6.17. The van der Waals surface area contributed by atoms with Gasteiger partial charge in [-0.1, -0.05) is 30.3 Å². The van der Waals surface area contributed by atoms with E-state index in [1.165, 1.54) is 0 Å². The minimum Gasteiger partial charge on any atom is -0.287 e. The van der Waals surface area contributed by atoms with Crippen LogP contribution < -0.4 is 0 Å². The van der Waals surface area contributed by atoms with Crippen LogP contribution in [0.15, 0.2) is 78.0 Å². The van der Waals surface area contributed by atoms with Crippen LogP contribution in [-0.4, -0.2) is 27.2 Å². The number of para-hydroxylation sites is 2. The highest BCUT2D eigenvalue weighted by Crippen LogP contribution is 2.24. The van der Waals surface area contributed by atoms with Crippen molar-refractivity contribution in [2.45, 2.75) is 0 Å². The molecule has 4 aromatic rings. The van der Waals surface area contributed by atoms with Gasteiger partial charge in [-0.3, -0.25) is 19.9 Å². The summed E-state index contributed by atoms with van der Waals surface area (Å²) < 4.78 is 0. The maximum atomic E-state index is 13.0. The fraction of sp³-hybridized carbons (Fsp3) is 0. The van der Waals surface area contributed by atoms with Gasteiger partial charge in [0.05, 0.1) is 11.2 Å². The Kier molecular flexibility index (Phi) is 3.88. The second kappa shape index (κ2) is 6.49. The molecule has 0 amide bonds. The van der Waals surface area contributed by atoms with Crippen LogP contribution >= 0.6 is 0 Å². The number of rotatable bonds is 4. The van der Waals surface area contributed by atoms with Crippen molar-refractivity contribution < 1.29 is 4.79 Å². The molecule has 2 heterocycles. The Bertz CT molecular complexity index is 1070. The molecule has 0 aliphatic carbocycles. The molecule has 25 heavy (non-hydrogen) atoms. The summed E-state index contributed by atoms with van der Waals surface area (Å²) in [5.74, 6) is -0.153. The lowest BCUT2D eigenvalue weighted by Gasteiger charge is -2.03. The molecule has 0 unspecified atom stereocenters. The number of aromatic amines is 1. The number of hydrogen-bond acceptors (Lipinski definition) is 4. The van der Waals surface area contributed by atoms with Gasteiger partial charge in [0.2, 0.25) is 5.78 Å².